The van der Waals surface area contributed by atoms with Crippen molar-refractivity contribution < 1.29 is 16.8 Å². The lowest BCUT2D eigenvalue weighted by Gasteiger charge is -2.12. The largest absolute Gasteiger partial charge is 0.253 e. The Bertz CT molecular complexity index is 480. The Labute approximate surface area is 137 Å². The van der Waals surface area contributed by atoms with Crippen LogP contribution in [0.2, 0.25) is 0 Å². The molecule has 22 heavy (non-hydrogen) atoms. The Morgan fingerprint density at radius 1 is 0.636 bits per heavy atom. The predicted molar refractivity (Wildman–Crippen MR) is 94.2 cm³/mol. The summed E-state index contributed by atoms with van der Waals surface area (Å²) in [7, 11) is -8.03. The SMILES string of the molecule is CCCCC(C)CCS(=O)(=O)S(=O)(=O)CCCC(C)CCC. The van der Waals surface area contributed by atoms with E-state index in [9.17, 15) is 16.8 Å². The molecule has 0 rings (SSSR count). The first kappa shape index (κ1) is 21.9. The van der Waals surface area contributed by atoms with E-state index < -0.39 is 17.7 Å². The first-order chi connectivity index (χ1) is 10.2. The molecule has 0 saturated carbocycles. The average Bonchev–Trinajstić information content (AvgIpc) is 2.42. The molecule has 2 unspecified atom stereocenters. The highest BCUT2D eigenvalue weighted by Crippen LogP contribution is 2.18. The fraction of sp³-hybridized carbons (Fsp3) is 1.00. The summed E-state index contributed by atoms with van der Waals surface area (Å²) in [4.78, 5) is 0. The van der Waals surface area contributed by atoms with Gasteiger partial charge in [-0.05, 0) is 31.1 Å². The molecule has 4 nitrogen and oxygen atoms in total. The van der Waals surface area contributed by atoms with Crippen LogP contribution in [0.1, 0.15) is 79.1 Å². The first-order valence-corrected chi connectivity index (χ1v) is 12.4. The van der Waals surface area contributed by atoms with Crippen LogP contribution in [0.3, 0.4) is 0 Å². The summed E-state index contributed by atoms with van der Waals surface area (Å²) < 4.78 is 48.1. The molecule has 0 saturated heterocycles. The predicted octanol–water partition coefficient (Wildman–Crippen LogP) is 4.16. The molecule has 0 heterocycles. The average molecular weight is 355 g/mol. The van der Waals surface area contributed by atoms with Crippen LogP contribution < -0.4 is 0 Å². The zero-order valence-electron chi connectivity index (χ0n) is 14.7. The van der Waals surface area contributed by atoms with Gasteiger partial charge in [0.25, 0.3) is 17.7 Å². The molecule has 2 atom stereocenters. The van der Waals surface area contributed by atoms with Crippen LogP contribution in [0, 0.1) is 11.8 Å². The normalized spacial score (nSPS) is 15.6. The van der Waals surface area contributed by atoms with Crippen LogP contribution in [-0.2, 0) is 17.7 Å². The Kier molecular flexibility index (Phi) is 10.6. The van der Waals surface area contributed by atoms with Gasteiger partial charge in [-0.3, -0.25) is 0 Å². The quantitative estimate of drug-likeness (QED) is 0.466. The lowest BCUT2D eigenvalue weighted by molar-refractivity contribution is 0.479. The molecule has 0 aromatic heterocycles. The Morgan fingerprint density at radius 3 is 1.68 bits per heavy atom. The summed E-state index contributed by atoms with van der Waals surface area (Å²) in [6.07, 6.45) is 6.87. The number of rotatable bonds is 13. The van der Waals surface area contributed by atoms with E-state index in [4.69, 9.17) is 0 Å². The standard InChI is InChI=1S/C16H34O4S2/c1-5-7-10-16(4)12-14-22(19,20)21(17,18)13-8-11-15(3)9-6-2/h15-16H,5-14H2,1-4H3. The minimum atomic E-state index is -4.02. The van der Waals surface area contributed by atoms with Gasteiger partial charge in [0.1, 0.15) is 0 Å². The van der Waals surface area contributed by atoms with Gasteiger partial charge in [-0.25, -0.2) is 16.8 Å². The molecule has 0 aromatic rings. The van der Waals surface area contributed by atoms with Gasteiger partial charge >= 0.3 is 0 Å². The minimum absolute atomic E-state index is 0.229. The van der Waals surface area contributed by atoms with E-state index in [0.717, 1.165) is 38.5 Å². The van der Waals surface area contributed by atoms with Gasteiger partial charge in [-0.2, -0.15) is 0 Å². The Balaban J connectivity index is 4.37. The maximum absolute atomic E-state index is 12.0. The molecule has 0 amide bonds. The van der Waals surface area contributed by atoms with Gasteiger partial charge < -0.3 is 0 Å². The summed E-state index contributed by atoms with van der Waals surface area (Å²) in [6, 6.07) is 0. The number of unbranched alkanes of at least 4 members (excludes halogenated alkanes) is 1. The van der Waals surface area contributed by atoms with Crippen LogP contribution in [0.4, 0.5) is 0 Å². The molecule has 0 aliphatic heterocycles. The maximum atomic E-state index is 12.0. The van der Waals surface area contributed by atoms with Crippen LogP contribution >= 0.6 is 0 Å². The number of hydrogen-bond acceptors (Lipinski definition) is 4. The van der Waals surface area contributed by atoms with Crippen LogP contribution in [-0.4, -0.2) is 28.3 Å². The zero-order chi connectivity index (χ0) is 17.2. The molecule has 0 aromatic carbocycles. The van der Waals surface area contributed by atoms with Gasteiger partial charge in [0, 0.05) is 0 Å². The third-order valence-corrected chi connectivity index (χ3v) is 9.79. The van der Waals surface area contributed by atoms with Crippen molar-refractivity contribution in [3.63, 3.8) is 0 Å². The van der Waals surface area contributed by atoms with Crippen molar-refractivity contribution in [3.05, 3.63) is 0 Å². The highest BCUT2D eigenvalue weighted by molar-refractivity contribution is 8.67. The monoisotopic (exact) mass is 354 g/mol. The second-order valence-electron chi connectivity index (χ2n) is 6.60. The van der Waals surface area contributed by atoms with E-state index in [1.807, 2.05) is 6.92 Å². The summed E-state index contributed by atoms with van der Waals surface area (Å²) >= 11 is 0. The molecule has 0 bridgehead atoms. The van der Waals surface area contributed by atoms with E-state index in [2.05, 4.69) is 20.8 Å². The van der Waals surface area contributed by atoms with Crippen molar-refractivity contribution in [1.29, 1.82) is 0 Å². The molecule has 0 spiro atoms. The highest BCUT2D eigenvalue weighted by Gasteiger charge is 2.29. The van der Waals surface area contributed by atoms with Crippen LogP contribution in [0.25, 0.3) is 0 Å². The lowest BCUT2D eigenvalue weighted by Crippen LogP contribution is -2.23. The fourth-order valence-electron chi connectivity index (χ4n) is 2.54. The van der Waals surface area contributed by atoms with Gasteiger partial charge in [-0.1, -0.05) is 59.8 Å². The third kappa shape index (κ3) is 8.51. The highest BCUT2D eigenvalue weighted by atomic mass is 33.2. The van der Waals surface area contributed by atoms with Gasteiger partial charge in [0.05, 0.1) is 11.5 Å². The van der Waals surface area contributed by atoms with Gasteiger partial charge in [0.15, 0.2) is 0 Å². The topological polar surface area (TPSA) is 68.3 Å². The van der Waals surface area contributed by atoms with Crippen LogP contribution in [0.5, 0.6) is 0 Å². The summed E-state index contributed by atoms with van der Waals surface area (Å²) in [5.74, 6) is 0.253. The van der Waals surface area contributed by atoms with Crippen molar-refractivity contribution >= 4 is 17.7 Å². The third-order valence-electron chi connectivity index (χ3n) is 4.17. The van der Waals surface area contributed by atoms with E-state index in [1.54, 1.807) is 0 Å². The molecule has 0 N–H and O–H groups in total. The molecule has 0 radical (unpaired) electrons. The van der Waals surface area contributed by atoms with Crippen molar-refractivity contribution in [3.8, 4) is 0 Å². The summed E-state index contributed by atoms with van der Waals surface area (Å²) in [5, 5.41) is 0. The maximum Gasteiger partial charge on any atom is 0.253 e. The fourth-order valence-corrected chi connectivity index (χ4v) is 6.43. The first-order valence-electron chi connectivity index (χ1n) is 8.61. The van der Waals surface area contributed by atoms with E-state index in [1.165, 1.54) is 0 Å². The van der Waals surface area contributed by atoms with Crippen LogP contribution in [0.15, 0.2) is 0 Å². The summed E-state index contributed by atoms with van der Waals surface area (Å²) in [5.41, 5.74) is 0. The second-order valence-corrected chi connectivity index (χ2v) is 12.7. The van der Waals surface area contributed by atoms with Crippen molar-refractivity contribution in [2.24, 2.45) is 11.8 Å². The second kappa shape index (κ2) is 10.6. The Hall–Kier alpha value is -0.100. The molecule has 134 valence electrons. The van der Waals surface area contributed by atoms with Crippen molar-refractivity contribution in [2.75, 3.05) is 11.5 Å². The van der Waals surface area contributed by atoms with Gasteiger partial charge in [-0.15, -0.1) is 0 Å². The molecule has 6 heteroatoms. The summed E-state index contributed by atoms with van der Waals surface area (Å²) in [6.45, 7) is 8.26. The Morgan fingerprint density at radius 2 is 1.14 bits per heavy atom. The van der Waals surface area contributed by atoms with E-state index in [-0.39, 0.29) is 17.4 Å². The molecular formula is C16H34O4S2. The van der Waals surface area contributed by atoms with E-state index >= 15 is 0 Å². The van der Waals surface area contributed by atoms with Gasteiger partial charge in [0.2, 0.25) is 0 Å². The smallest absolute Gasteiger partial charge is 0.213 e. The minimum Gasteiger partial charge on any atom is -0.213 e. The molecule has 0 aliphatic rings. The molecular weight excluding hydrogens is 320 g/mol. The molecule has 0 fully saturated rings. The van der Waals surface area contributed by atoms with Crippen molar-refractivity contribution in [1.82, 2.24) is 0 Å². The van der Waals surface area contributed by atoms with E-state index in [0.29, 0.717) is 18.8 Å². The zero-order valence-corrected chi connectivity index (χ0v) is 16.3. The molecule has 0 aliphatic carbocycles. The number of hydrogen-bond donors (Lipinski definition) is 0. The van der Waals surface area contributed by atoms with Crippen molar-refractivity contribution in [2.45, 2.75) is 79.1 Å². The lowest BCUT2D eigenvalue weighted by atomic mass is 10.0.